The average molecular weight is 197 g/mol. The molecule has 0 radical (unpaired) electrons. The van der Waals surface area contributed by atoms with Crippen LogP contribution >= 0.6 is 0 Å². The van der Waals surface area contributed by atoms with Crippen molar-refractivity contribution in [3.63, 3.8) is 0 Å². The van der Waals surface area contributed by atoms with Gasteiger partial charge in [-0.05, 0) is 31.7 Å². The van der Waals surface area contributed by atoms with E-state index in [9.17, 15) is 0 Å². The molecule has 2 aliphatic heterocycles. The maximum Gasteiger partial charge on any atom is 0.0863 e. The van der Waals surface area contributed by atoms with E-state index in [-0.39, 0.29) is 0 Å². The van der Waals surface area contributed by atoms with Crippen molar-refractivity contribution < 1.29 is 9.47 Å². The molecular formula is C11H19NO2. The molecule has 14 heavy (non-hydrogen) atoms. The third-order valence-electron chi connectivity index (χ3n) is 3.57. The molecule has 0 bridgehead atoms. The summed E-state index contributed by atoms with van der Waals surface area (Å²) in [5.41, 5.74) is 0. The molecule has 80 valence electrons. The van der Waals surface area contributed by atoms with Crippen LogP contribution < -0.4 is 5.32 Å². The van der Waals surface area contributed by atoms with Gasteiger partial charge in [-0.3, -0.25) is 0 Å². The van der Waals surface area contributed by atoms with E-state index < -0.39 is 0 Å². The minimum atomic E-state index is 0.405. The lowest BCUT2D eigenvalue weighted by Crippen LogP contribution is -2.29. The van der Waals surface area contributed by atoms with Crippen molar-refractivity contribution >= 4 is 0 Å². The SMILES string of the molecule is C1CC1CNCC1C[C@@H]2COC[C@@H]2O1. The second-order valence-electron chi connectivity index (χ2n) is 4.93. The van der Waals surface area contributed by atoms with Gasteiger partial charge < -0.3 is 14.8 Å². The lowest BCUT2D eigenvalue weighted by molar-refractivity contribution is 0.0204. The van der Waals surface area contributed by atoms with Crippen LogP contribution in [-0.4, -0.2) is 38.5 Å². The summed E-state index contributed by atoms with van der Waals surface area (Å²) in [5.74, 6) is 1.65. The number of nitrogens with one attached hydrogen (secondary N) is 1. The van der Waals surface area contributed by atoms with E-state index in [1.807, 2.05) is 0 Å². The van der Waals surface area contributed by atoms with Crippen LogP contribution in [0.3, 0.4) is 0 Å². The smallest absolute Gasteiger partial charge is 0.0863 e. The quantitative estimate of drug-likeness (QED) is 0.723. The van der Waals surface area contributed by atoms with Gasteiger partial charge >= 0.3 is 0 Å². The zero-order valence-electron chi connectivity index (χ0n) is 8.58. The molecule has 2 heterocycles. The Labute approximate surface area is 85.1 Å². The van der Waals surface area contributed by atoms with Crippen molar-refractivity contribution in [2.45, 2.75) is 31.5 Å². The van der Waals surface area contributed by atoms with Gasteiger partial charge in [-0.25, -0.2) is 0 Å². The number of hydrogen-bond acceptors (Lipinski definition) is 3. The van der Waals surface area contributed by atoms with Crippen molar-refractivity contribution in [3.8, 4) is 0 Å². The average Bonchev–Trinajstić information content (AvgIpc) is 2.73. The summed E-state index contributed by atoms with van der Waals surface area (Å²) in [6.45, 7) is 3.99. The summed E-state index contributed by atoms with van der Waals surface area (Å²) in [5, 5.41) is 3.51. The Balaban J connectivity index is 1.37. The van der Waals surface area contributed by atoms with Gasteiger partial charge in [-0.1, -0.05) is 0 Å². The van der Waals surface area contributed by atoms with Crippen LogP contribution in [0.1, 0.15) is 19.3 Å². The zero-order chi connectivity index (χ0) is 9.38. The van der Waals surface area contributed by atoms with Gasteiger partial charge in [0.15, 0.2) is 0 Å². The monoisotopic (exact) mass is 197 g/mol. The fraction of sp³-hybridized carbons (Fsp3) is 1.00. The minimum Gasteiger partial charge on any atom is -0.378 e. The number of hydrogen-bond donors (Lipinski definition) is 1. The maximum atomic E-state index is 5.90. The Bertz CT molecular complexity index is 193. The Hall–Kier alpha value is -0.120. The van der Waals surface area contributed by atoms with E-state index in [2.05, 4.69) is 5.32 Å². The molecule has 1 saturated carbocycles. The first-order valence-corrected chi connectivity index (χ1v) is 5.86. The highest BCUT2D eigenvalue weighted by Crippen LogP contribution is 2.31. The van der Waals surface area contributed by atoms with E-state index in [1.165, 1.54) is 25.8 Å². The number of ether oxygens (including phenoxy) is 2. The molecule has 3 fully saturated rings. The first-order chi connectivity index (χ1) is 6.92. The third-order valence-corrected chi connectivity index (χ3v) is 3.57. The highest BCUT2D eigenvalue weighted by atomic mass is 16.6. The van der Waals surface area contributed by atoms with E-state index in [0.717, 1.165) is 25.7 Å². The summed E-state index contributed by atoms with van der Waals surface area (Å²) in [4.78, 5) is 0. The Morgan fingerprint density at radius 2 is 2.07 bits per heavy atom. The Morgan fingerprint density at radius 1 is 1.14 bits per heavy atom. The van der Waals surface area contributed by atoms with Gasteiger partial charge in [0.05, 0.1) is 25.4 Å². The molecular weight excluding hydrogens is 178 g/mol. The molecule has 0 amide bonds. The third kappa shape index (κ3) is 1.95. The maximum absolute atomic E-state index is 5.90. The summed E-state index contributed by atoms with van der Waals surface area (Å²) in [6.07, 6.45) is 4.91. The van der Waals surface area contributed by atoms with E-state index in [1.54, 1.807) is 0 Å². The summed E-state index contributed by atoms with van der Waals surface area (Å²) < 4.78 is 11.3. The van der Waals surface area contributed by atoms with Crippen LogP contribution in [0.15, 0.2) is 0 Å². The highest BCUT2D eigenvalue weighted by molar-refractivity contribution is 4.87. The lowest BCUT2D eigenvalue weighted by atomic mass is 10.0. The second-order valence-corrected chi connectivity index (χ2v) is 4.93. The Morgan fingerprint density at radius 3 is 2.86 bits per heavy atom. The van der Waals surface area contributed by atoms with Gasteiger partial charge in [0.1, 0.15) is 0 Å². The molecule has 3 rings (SSSR count). The molecule has 1 N–H and O–H groups in total. The van der Waals surface area contributed by atoms with Crippen molar-refractivity contribution in [2.75, 3.05) is 26.3 Å². The number of rotatable bonds is 4. The molecule has 3 nitrogen and oxygen atoms in total. The second kappa shape index (κ2) is 3.80. The summed E-state index contributed by atoms with van der Waals surface area (Å²) in [6, 6.07) is 0. The van der Waals surface area contributed by atoms with E-state index >= 15 is 0 Å². The predicted octanol–water partition coefficient (Wildman–Crippen LogP) is 0.790. The van der Waals surface area contributed by atoms with Gasteiger partial charge in [-0.15, -0.1) is 0 Å². The molecule has 3 heteroatoms. The van der Waals surface area contributed by atoms with E-state index in [0.29, 0.717) is 18.1 Å². The van der Waals surface area contributed by atoms with Crippen LogP contribution in [0.25, 0.3) is 0 Å². The molecule has 1 aliphatic carbocycles. The molecule has 0 spiro atoms. The molecule has 0 aromatic rings. The number of fused-ring (bicyclic) bond motifs is 1. The van der Waals surface area contributed by atoms with Crippen molar-refractivity contribution in [1.29, 1.82) is 0 Å². The summed E-state index contributed by atoms with van der Waals surface area (Å²) in [7, 11) is 0. The normalized spacial score (nSPS) is 41.6. The van der Waals surface area contributed by atoms with Crippen molar-refractivity contribution in [1.82, 2.24) is 5.32 Å². The molecule has 3 atom stereocenters. The van der Waals surface area contributed by atoms with Crippen LogP contribution in [0.4, 0.5) is 0 Å². The first-order valence-electron chi connectivity index (χ1n) is 5.86. The zero-order valence-corrected chi connectivity index (χ0v) is 8.58. The van der Waals surface area contributed by atoms with Crippen LogP contribution in [0.5, 0.6) is 0 Å². The van der Waals surface area contributed by atoms with Gasteiger partial charge in [0.2, 0.25) is 0 Å². The minimum absolute atomic E-state index is 0.405. The van der Waals surface area contributed by atoms with Crippen LogP contribution in [0, 0.1) is 11.8 Å². The molecule has 0 aromatic heterocycles. The van der Waals surface area contributed by atoms with Crippen molar-refractivity contribution in [2.24, 2.45) is 11.8 Å². The fourth-order valence-electron chi connectivity index (χ4n) is 2.49. The molecule has 1 unspecified atom stereocenters. The van der Waals surface area contributed by atoms with Crippen molar-refractivity contribution in [3.05, 3.63) is 0 Å². The van der Waals surface area contributed by atoms with E-state index in [4.69, 9.17) is 9.47 Å². The molecule has 2 saturated heterocycles. The lowest BCUT2D eigenvalue weighted by Gasteiger charge is -2.12. The van der Waals surface area contributed by atoms with Gasteiger partial charge in [0.25, 0.3) is 0 Å². The Kier molecular flexibility index (Phi) is 2.48. The highest BCUT2D eigenvalue weighted by Gasteiger charge is 2.39. The first kappa shape index (κ1) is 9.13. The van der Waals surface area contributed by atoms with Gasteiger partial charge in [-0.2, -0.15) is 0 Å². The topological polar surface area (TPSA) is 30.5 Å². The standard InChI is InChI=1S/C11H19NO2/c1-2-8(1)4-12-5-10-3-9-6-13-7-11(9)14-10/h8-12H,1-7H2/t9-,10?,11+/m1/s1. The van der Waals surface area contributed by atoms with Crippen LogP contribution in [0.2, 0.25) is 0 Å². The largest absolute Gasteiger partial charge is 0.378 e. The predicted molar refractivity (Wildman–Crippen MR) is 53.2 cm³/mol. The fourth-order valence-corrected chi connectivity index (χ4v) is 2.49. The summed E-state index contributed by atoms with van der Waals surface area (Å²) >= 11 is 0. The van der Waals surface area contributed by atoms with Crippen LogP contribution in [-0.2, 0) is 9.47 Å². The molecule has 0 aromatic carbocycles. The van der Waals surface area contributed by atoms with Gasteiger partial charge in [0, 0.05) is 12.5 Å². The molecule has 3 aliphatic rings.